The van der Waals surface area contributed by atoms with Crippen LogP contribution in [0.15, 0.2) is 0 Å². The summed E-state index contributed by atoms with van der Waals surface area (Å²) in [6, 6.07) is 0.407. The number of aliphatic hydroxyl groups excluding tert-OH is 1. The summed E-state index contributed by atoms with van der Waals surface area (Å²) in [6.07, 6.45) is 5.75. The maximum absolute atomic E-state index is 12.3. The number of hydrogen-bond donors (Lipinski definition) is 1. The van der Waals surface area contributed by atoms with Crippen LogP contribution in [0.4, 0.5) is 0 Å². The third kappa shape index (κ3) is 3.45. The number of nitrogens with zero attached hydrogens (tertiary/aromatic N) is 2. The van der Waals surface area contributed by atoms with Crippen LogP contribution >= 0.6 is 0 Å². The smallest absolute Gasteiger partial charge is 0.236 e. The molecule has 0 aromatic carbocycles. The van der Waals surface area contributed by atoms with Crippen molar-refractivity contribution >= 4 is 5.91 Å². The molecule has 0 bridgehead atoms. The molecule has 104 valence electrons. The Morgan fingerprint density at radius 1 is 1.22 bits per heavy atom. The number of amides is 1. The van der Waals surface area contributed by atoms with Crippen LogP contribution in [0.5, 0.6) is 0 Å². The van der Waals surface area contributed by atoms with Gasteiger partial charge in [0.15, 0.2) is 0 Å². The Kier molecular flexibility index (Phi) is 5.01. The van der Waals surface area contributed by atoms with Crippen LogP contribution in [0, 0.1) is 5.92 Å². The zero-order valence-electron chi connectivity index (χ0n) is 11.5. The lowest BCUT2D eigenvalue weighted by molar-refractivity contribution is -0.136. The van der Waals surface area contributed by atoms with Gasteiger partial charge in [-0.05, 0) is 51.5 Å². The highest BCUT2D eigenvalue weighted by Crippen LogP contribution is 2.19. The molecular formula is C14H26N2O2. The number of hydrogen-bond acceptors (Lipinski definition) is 3. The molecule has 2 aliphatic rings. The van der Waals surface area contributed by atoms with Gasteiger partial charge < -0.3 is 10.0 Å². The summed E-state index contributed by atoms with van der Waals surface area (Å²) >= 11 is 0. The first-order chi connectivity index (χ1) is 8.70. The number of aliphatic hydroxyl groups is 1. The van der Waals surface area contributed by atoms with Crippen LogP contribution in [-0.2, 0) is 4.79 Å². The van der Waals surface area contributed by atoms with Gasteiger partial charge in [-0.15, -0.1) is 0 Å². The molecule has 18 heavy (non-hydrogen) atoms. The predicted molar refractivity (Wildman–Crippen MR) is 71.3 cm³/mol. The number of rotatable bonds is 3. The summed E-state index contributed by atoms with van der Waals surface area (Å²) < 4.78 is 0. The Labute approximate surface area is 110 Å². The van der Waals surface area contributed by atoms with Crippen molar-refractivity contribution in [1.29, 1.82) is 0 Å². The first kappa shape index (κ1) is 13.8. The highest BCUT2D eigenvalue weighted by molar-refractivity contribution is 5.78. The van der Waals surface area contributed by atoms with Crippen LogP contribution in [0.2, 0.25) is 0 Å². The number of carbonyl (C=O) groups is 1. The summed E-state index contributed by atoms with van der Waals surface area (Å²) in [7, 11) is 0. The Morgan fingerprint density at radius 2 is 2.06 bits per heavy atom. The van der Waals surface area contributed by atoms with Gasteiger partial charge in [0.1, 0.15) is 0 Å². The van der Waals surface area contributed by atoms with Crippen LogP contribution in [0.3, 0.4) is 0 Å². The Bertz CT molecular complexity index is 283. The Hall–Kier alpha value is -0.610. The van der Waals surface area contributed by atoms with E-state index in [9.17, 15) is 9.90 Å². The second kappa shape index (κ2) is 6.53. The maximum Gasteiger partial charge on any atom is 0.236 e. The van der Waals surface area contributed by atoms with Crippen molar-refractivity contribution in [2.75, 3.05) is 32.8 Å². The average Bonchev–Trinajstić information content (AvgIpc) is 2.39. The second-order valence-electron chi connectivity index (χ2n) is 5.86. The summed E-state index contributed by atoms with van der Waals surface area (Å²) in [4.78, 5) is 16.6. The van der Waals surface area contributed by atoms with Crippen molar-refractivity contribution in [2.24, 2.45) is 5.92 Å². The van der Waals surface area contributed by atoms with Crippen LogP contribution in [0.1, 0.15) is 39.0 Å². The first-order valence-corrected chi connectivity index (χ1v) is 7.33. The molecule has 2 rings (SSSR count). The topological polar surface area (TPSA) is 43.8 Å². The molecule has 0 radical (unpaired) electrons. The molecule has 2 unspecified atom stereocenters. The lowest BCUT2D eigenvalue weighted by atomic mass is 9.99. The van der Waals surface area contributed by atoms with E-state index in [0.29, 0.717) is 18.5 Å². The monoisotopic (exact) mass is 254 g/mol. The van der Waals surface area contributed by atoms with E-state index in [1.54, 1.807) is 0 Å². The van der Waals surface area contributed by atoms with E-state index in [1.165, 1.54) is 6.42 Å². The van der Waals surface area contributed by atoms with Crippen molar-refractivity contribution in [3.8, 4) is 0 Å². The summed E-state index contributed by atoms with van der Waals surface area (Å²) in [5.74, 6) is 0.645. The van der Waals surface area contributed by atoms with Crippen molar-refractivity contribution in [1.82, 2.24) is 9.80 Å². The fourth-order valence-electron chi connectivity index (χ4n) is 3.19. The Morgan fingerprint density at radius 3 is 2.78 bits per heavy atom. The van der Waals surface area contributed by atoms with Gasteiger partial charge >= 0.3 is 0 Å². The molecule has 0 aliphatic carbocycles. The lowest BCUT2D eigenvalue weighted by Gasteiger charge is -2.37. The molecule has 2 fully saturated rings. The molecular weight excluding hydrogens is 228 g/mol. The van der Waals surface area contributed by atoms with E-state index in [1.807, 2.05) is 4.90 Å². The minimum absolute atomic E-state index is 0.255. The lowest BCUT2D eigenvalue weighted by Crippen LogP contribution is -2.49. The van der Waals surface area contributed by atoms with E-state index in [0.717, 1.165) is 45.3 Å². The number of carbonyl (C=O) groups excluding carboxylic acids is 1. The molecule has 4 nitrogen and oxygen atoms in total. The van der Waals surface area contributed by atoms with Gasteiger partial charge in [-0.25, -0.2) is 0 Å². The van der Waals surface area contributed by atoms with E-state index in [4.69, 9.17) is 0 Å². The van der Waals surface area contributed by atoms with Crippen LogP contribution < -0.4 is 0 Å². The molecule has 2 aliphatic heterocycles. The number of likely N-dealkylation sites (tertiary alicyclic amines) is 2. The van der Waals surface area contributed by atoms with E-state index >= 15 is 0 Å². The van der Waals surface area contributed by atoms with Crippen molar-refractivity contribution in [3.05, 3.63) is 0 Å². The molecule has 2 atom stereocenters. The minimum Gasteiger partial charge on any atom is -0.396 e. The quantitative estimate of drug-likeness (QED) is 0.820. The molecule has 4 heteroatoms. The SMILES string of the molecule is CC1CCCCN1C(=O)CN1CCCC(CO)C1. The standard InChI is InChI=1S/C14H26N2O2/c1-12-5-2-3-8-16(12)14(18)10-15-7-4-6-13(9-15)11-17/h12-13,17H,2-11H2,1H3. The van der Waals surface area contributed by atoms with Gasteiger partial charge in [0.05, 0.1) is 6.54 Å². The summed E-state index contributed by atoms with van der Waals surface area (Å²) in [5.41, 5.74) is 0. The average molecular weight is 254 g/mol. The largest absolute Gasteiger partial charge is 0.396 e. The molecule has 2 saturated heterocycles. The maximum atomic E-state index is 12.3. The summed E-state index contributed by atoms with van der Waals surface area (Å²) in [5, 5.41) is 9.21. The third-order valence-corrected chi connectivity index (χ3v) is 4.34. The molecule has 0 aromatic rings. The normalized spacial score (nSPS) is 30.4. The summed E-state index contributed by atoms with van der Waals surface area (Å²) in [6.45, 7) is 5.77. The van der Waals surface area contributed by atoms with Gasteiger partial charge in [-0.3, -0.25) is 9.69 Å². The van der Waals surface area contributed by atoms with Crippen molar-refractivity contribution in [3.63, 3.8) is 0 Å². The molecule has 0 aromatic heterocycles. The van der Waals surface area contributed by atoms with Gasteiger partial charge in [-0.1, -0.05) is 0 Å². The van der Waals surface area contributed by atoms with Gasteiger partial charge in [0.25, 0.3) is 0 Å². The van der Waals surface area contributed by atoms with Crippen molar-refractivity contribution in [2.45, 2.75) is 45.1 Å². The molecule has 0 spiro atoms. The van der Waals surface area contributed by atoms with E-state index < -0.39 is 0 Å². The minimum atomic E-state index is 0.255. The predicted octanol–water partition coefficient (Wildman–Crippen LogP) is 1.09. The van der Waals surface area contributed by atoms with Gasteiger partial charge in [-0.2, -0.15) is 0 Å². The van der Waals surface area contributed by atoms with Crippen molar-refractivity contribution < 1.29 is 9.90 Å². The van der Waals surface area contributed by atoms with Gasteiger partial charge in [0.2, 0.25) is 5.91 Å². The molecule has 1 N–H and O–H groups in total. The first-order valence-electron chi connectivity index (χ1n) is 7.33. The molecule has 1 amide bonds. The fraction of sp³-hybridized carbons (Fsp3) is 0.929. The van der Waals surface area contributed by atoms with Crippen LogP contribution in [0.25, 0.3) is 0 Å². The van der Waals surface area contributed by atoms with Gasteiger partial charge in [0, 0.05) is 25.7 Å². The highest BCUT2D eigenvalue weighted by Gasteiger charge is 2.26. The fourth-order valence-corrected chi connectivity index (χ4v) is 3.19. The second-order valence-corrected chi connectivity index (χ2v) is 5.86. The van der Waals surface area contributed by atoms with Crippen LogP contribution in [-0.4, -0.2) is 59.6 Å². The molecule has 2 heterocycles. The zero-order valence-corrected chi connectivity index (χ0v) is 11.5. The highest BCUT2D eigenvalue weighted by atomic mass is 16.3. The zero-order chi connectivity index (χ0) is 13.0. The molecule has 0 saturated carbocycles. The third-order valence-electron chi connectivity index (χ3n) is 4.34. The Balaban J connectivity index is 1.82. The van der Waals surface area contributed by atoms with E-state index in [-0.39, 0.29) is 12.5 Å². The van der Waals surface area contributed by atoms with E-state index in [2.05, 4.69) is 11.8 Å². The number of piperidine rings is 2.